The quantitative estimate of drug-likeness (QED) is 0.767. The van der Waals surface area contributed by atoms with E-state index in [9.17, 15) is 0 Å². The molecule has 2 rings (SSSR count). The van der Waals surface area contributed by atoms with Crippen LogP contribution in [0.15, 0.2) is 42.6 Å². The van der Waals surface area contributed by atoms with Gasteiger partial charge in [0.1, 0.15) is 0 Å². The van der Waals surface area contributed by atoms with Crippen LogP contribution >= 0.6 is 23.8 Å². The molecule has 4 nitrogen and oxygen atoms in total. The minimum absolute atomic E-state index is 0.0286. The predicted octanol–water partition coefficient (Wildman–Crippen LogP) is 4.45. The highest BCUT2D eigenvalue weighted by Gasteiger charge is 2.20. The first-order chi connectivity index (χ1) is 11.5. The topological polar surface area (TPSA) is 37.4 Å². The van der Waals surface area contributed by atoms with Crippen LogP contribution in [0.2, 0.25) is 5.02 Å². The molecule has 0 fully saturated rings. The number of ether oxygens (including phenoxy) is 1. The first-order valence-corrected chi connectivity index (χ1v) is 8.55. The van der Waals surface area contributed by atoms with E-state index in [0.29, 0.717) is 23.3 Å². The molecule has 0 saturated heterocycles. The highest BCUT2D eigenvalue weighted by Crippen LogP contribution is 2.25. The summed E-state index contributed by atoms with van der Waals surface area (Å²) in [5.74, 6) is 0. The molecule has 0 radical (unpaired) electrons. The molecule has 1 aromatic carbocycles. The number of halogens is 1. The van der Waals surface area contributed by atoms with Crippen molar-refractivity contribution in [3.8, 4) is 0 Å². The second-order valence-electron chi connectivity index (χ2n) is 5.46. The molecule has 0 saturated carbocycles. The van der Waals surface area contributed by atoms with Gasteiger partial charge in [-0.2, -0.15) is 0 Å². The lowest BCUT2D eigenvalue weighted by atomic mass is 10.2. The van der Waals surface area contributed by atoms with Gasteiger partial charge in [-0.05, 0) is 55.9 Å². The predicted molar refractivity (Wildman–Crippen MR) is 104 cm³/mol. The van der Waals surface area contributed by atoms with Crippen molar-refractivity contribution >= 4 is 34.6 Å². The van der Waals surface area contributed by atoms with Crippen LogP contribution in [0, 0.1) is 6.92 Å². The number of thiocarbonyl (C=S) groups is 1. The SMILES string of the molecule is COCCN(C(=S)Nc1cccc(Cl)c1C)C(C)c1ccccn1. The van der Waals surface area contributed by atoms with Crippen molar-refractivity contribution in [2.24, 2.45) is 0 Å². The minimum atomic E-state index is 0.0286. The number of hydrogen-bond donors (Lipinski definition) is 1. The van der Waals surface area contributed by atoms with Crippen LogP contribution in [0.4, 0.5) is 5.69 Å². The summed E-state index contributed by atoms with van der Waals surface area (Å²) < 4.78 is 5.23. The van der Waals surface area contributed by atoms with Crippen LogP contribution in [-0.4, -0.2) is 35.3 Å². The number of aromatic nitrogens is 1. The molecular weight excluding hydrogens is 342 g/mol. The molecule has 6 heteroatoms. The van der Waals surface area contributed by atoms with E-state index in [1.165, 1.54) is 0 Å². The molecule has 0 aliphatic heterocycles. The molecule has 0 aliphatic carbocycles. The van der Waals surface area contributed by atoms with Gasteiger partial charge in [0.2, 0.25) is 0 Å². The van der Waals surface area contributed by atoms with Crippen LogP contribution in [0.3, 0.4) is 0 Å². The normalized spacial score (nSPS) is 11.8. The van der Waals surface area contributed by atoms with Crippen LogP contribution in [-0.2, 0) is 4.74 Å². The van der Waals surface area contributed by atoms with Gasteiger partial charge >= 0.3 is 0 Å². The number of pyridine rings is 1. The third-order valence-electron chi connectivity index (χ3n) is 3.89. The number of nitrogens with one attached hydrogen (secondary N) is 1. The van der Waals surface area contributed by atoms with E-state index in [1.54, 1.807) is 13.3 Å². The summed E-state index contributed by atoms with van der Waals surface area (Å²) >= 11 is 11.8. The Bertz CT molecular complexity index is 681. The Morgan fingerprint density at radius 3 is 2.79 bits per heavy atom. The Labute approximate surface area is 153 Å². The maximum atomic E-state index is 6.19. The number of methoxy groups -OCH3 is 1. The van der Waals surface area contributed by atoms with Gasteiger partial charge in [-0.15, -0.1) is 0 Å². The van der Waals surface area contributed by atoms with Crippen molar-refractivity contribution in [2.75, 3.05) is 25.6 Å². The number of benzene rings is 1. The standard InChI is InChI=1S/C18H22ClN3OS/c1-13-15(19)7-6-9-16(13)21-18(24)22(11-12-23-3)14(2)17-8-4-5-10-20-17/h4-10,14H,11-12H2,1-3H3,(H,21,24). The third kappa shape index (κ3) is 4.66. The smallest absolute Gasteiger partial charge is 0.174 e. The summed E-state index contributed by atoms with van der Waals surface area (Å²) in [5, 5.41) is 4.63. The number of hydrogen-bond acceptors (Lipinski definition) is 3. The second kappa shape index (κ2) is 8.97. The van der Waals surface area contributed by atoms with Gasteiger partial charge in [-0.1, -0.05) is 23.7 Å². The van der Waals surface area contributed by atoms with Crippen LogP contribution in [0.1, 0.15) is 24.2 Å². The fourth-order valence-corrected chi connectivity index (χ4v) is 2.91. The highest BCUT2D eigenvalue weighted by atomic mass is 35.5. The average Bonchev–Trinajstić information content (AvgIpc) is 2.60. The molecule has 1 aromatic heterocycles. The molecule has 1 N–H and O–H groups in total. The lowest BCUT2D eigenvalue weighted by Crippen LogP contribution is -2.39. The van der Waals surface area contributed by atoms with E-state index in [-0.39, 0.29) is 6.04 Å². The first kappa shape index (κ1) is 18.6. The first-order valence-electron chi connectivity index (χ1n) is 7.77. The molecule has 1 atom stereocenters. The van der Waals surface area contributed by atoms with Gasteiger partial charge in [-0.25, -0.2) is 0 Å². The summed E-state index contributed by atoms with van der Waals surface area (Å²) in [4.78, 5) is 6.51. The third-order valence-corrected chi connectivity index (χ3v) is 4.64. The van der Waals surface area contributed by atoms with E-state index in [2.05, 4.69) is 22.1 Å². The molecule has 1 heterocycles. The van der Waals surface area contributed by atoms with Gasteiger partial charge in [0.15, 0.2) is 5.11 Å². The monoisotopic (exact) mass is 363 g/mol. The maximum Gasteiger partial charge on any atom is 0.174 e. The van der Waals surface area contributed by atoms with Crippen LogP contribution in [0.5, 0.6) is 0 Å². The van der Waals surface area contributed by atoms with Crippen LogP contribution in [0.25, 0.3) is 0 Å². The minimum Gasteiger partial charge on any atom is -0.383 e. The number of rotatable bonds is 6. The Kier molecular flexibility index (Phi) is 6.97. The molecule has 2 aromatic rings. The molecule has 0 bridgehead atoms. The van der Waals surface area contributed by atoms with Gasteiger partial charge in [0.25, 0.3) is 0 Å². The summed E-state index contributed by atoms with van der Waals surface area (Å²) in [5.41, 5.74) is 2.84. The van der Waals surface area contributed by atoms with Crippen molar-refractivity contribution in [3.63, 3.8) is 0 Å². The van der Waals surface area contributed by atoms with Crippen LogP contribution < -0.4 is 5.32 Å². The highest BCUT2D eigenvalue weighted by molar-refractivity contribution is 7.80. The lowest BCUT2D eigenvalue weighted by molar-refractivity contribution is 0.164. The van der Waals surface area contributed by atoms with Crippen molar-refractivity contribution < 1.29 is 4.74 Å². The molecule has 128 valence electrons. The molecule has 1 unspecified atom stereocenters. The summed E-state index contributed by atoms with van der Waals surface area (Å²) in [6.07, 6.45) is 1.79. The van der Waals surface area contributed by atoms with Gasteiger partial charge in [0, 0.05) is 30.6 Å². The van der Waals surface area contributed by atoms with Crippen molar-refractivity contribution in [1.29, 1.82) is 0 Å². The van der Waals surface area contributed by atoms with E-state index in [1.807, 2.05) is 43.3 Å². The Morgan fingerprint density at radius 2 is 2.12 bits per heavy atom. The van der Waals surface area contributed by atoms with Gasteiger partial charge in [-0.3, -0.25) is 4.98 Å². The molecule has 24 heavy (non-hydrogen) atoms. The summed E-state index contributed by atoms with van der Waals surface area (Å²) in [6, 6.07) is 11.6. The molecular formula is C18H22ClN3OS. The van der Waals surface area contributed by atoms with E-state index in [0.717, 1.165) is 16.9 Å². The van der Waals surface area contributed by atoms with Crippen molar-refractivity contribution in [3.05, 3.63) is 58.9 Å². The Morgan fingerprint density at radius 1 is 1.33 bits per heavy atom. The largest absolute Gasteiger partial charge is 0.383 e. The van der Waals surface area contributed by atoms with Gasteiger partial charge in [0.05, 0.1) is 18.3 Å². The number of nitrogens with zero attached hydrogens (tertiary/aromatic N) is 2. The lowest BCUT2D eigenvalue weighted by Gasteiger charge is -2.31. The Balaban J connectivity index is 2.20. The van der Waals surface area contributed by atoms with E-state index < -0.39 is 0 Å². The number of anilines is 1. The summed E-state index contributed by atoms with van der Waals surface area (Å²) in [7, 11) is 1.68. The fourth-order valence-electron chi connectivity index (χ4n) is 2.37. The molecule has 0 amide bonds. The molecule has 0 aliphatic rings. The zero-order valence-electron chi connectivity index (χ0n) is 14.1. The van der Waals surface area contributed by atoms with Crippen molar-refractivity contribution in [2.45, 2.75) is 19.9 Å². The van der Waals surface area contributed by atoms with E-state index in [4.69, 9.17) is 28.6 Å². The summed E-state index contributed by atoms with van der Waals surface area (Å²) in [6.45, 7) is 5.29. The van der Waals surface area contributed by atoms with Crippen molar-refractivity contribution in [1.82, 2.24) is 9.88 Å². The second-order valence-corrected chi connectivity index (χ2v) is 6.25. The zero-order valence-corrected chi connectivity index (χ0v) is 15.7. The fraction of sp³-hybridized carbons (Fsp3) is 0.333. The van der Waals surface area contributed by atoms with Gasteiger partial charge < -0.3 is 15.0 Å². The molecule has 0 spiro atoms. The van der Waals surface area contributed by atoms with E-state index >= 15 is 0 Å². The maximum absolute atomic E-state index is 6.19. The average molecular weight is 364 g/mol. The Hall–Kier alpha value is -1.69. The zero-order chi connectivity index (χ0) is 17.5.